The zero-order valence-electron chi connectivity index (χ0n) is 8.64. The molecule has 2 aromatic heterocycles. The second kappa shape index (κ2) is 3.99. The Kier molecular flexibility index (Phi) is 2.49. The number of hydrogen-bond donors (Lipinski definition) is 0. The summed E-state index contributed by atoms with van der Waals surface area (Å²) in [7, 11) is 0. The van der Waals surface area contributed by atoms with Crippen LogP contribution in [0.25, 0.3) is 11.2 Å². The van der Waals surface area contributed by atoms with Crippen molar-refractivity contribution in [3.8, 4) is 0 Å². The van der Waals surface area contributed by atoms with Gasteiger partial charge in [0.15, 0.2) is 5.65 Å². The third-order valence-electron chi connectivity index (χ3n) is 2.77. The van der Waals surface area contributed by atoms with Crippen LogP contribution in [0.1, 0.15) is 25.5 Å². The van der Waals surface area contributed by atoms with Crippen molar-refractivity contribution in [2.24, 2.45) is 0 Å². The number of rotatable bonds is 1. The van der Waals surface area contributed by atoms with E-state index in [2.05, 4.69) is 15.0 Å². The van der Waals surface area contributed by atoms with Gasteiger partial charge in [-0.1, -0.05) is 0 Å². The van der Waals surface area contributed by atoms with E-state index in [1.54, 1.807) is 12.5 Å². The van der Waals surface area contributed by atoms with Gasteiger partial charge in [-0.25, -0.2) is 9.97 Å². The molecule has 1 aliphatic heterocycles. The van der Waals surface area contributed by atoms with E-state index in [1.165, 1.54) is 6.42 Å². The van der Waals surface area contributed by atoms with E-state index >= 15 is 0 Å². The molecule has 0 radical (unpaired) electrons. The largest absolute Gasteiger partial charge is 0.358 e. The highest BCUT2D eigenvalue weighted by atomic mass is 35.5. The predicted molar refractivity (Wildman–Crippen MR) is 59.2 cm³/mol. The third-order valence-corrected chi connectivity index (χ3v) is 2.95. The summed E-state index contributed by atoms with van der Waals surface area (Å²) in [6, 6.07) is 0. The van der Waals surface area contributed by atoms with Gasteiger partial charge in [0.2, 0.25) is 5.28 Å². The molecule has 0 bridgehead atoms. The molecule has 1 fully saturated rings. The second-order valence-corrected chi connectivity index (χ2v) is 4.16. The predicted octanol–water partition coefficient (Wildman–Crippen LogP) is 2.18. The highest BCUT2D eigenvalue weighted by molar-refractivity contribution is 6.28. The number of halogens is 1. The average Bonchev–Trinajstić information content (AvgIpc) is 2.73. The number of hydrogen-bond acceptors (Lipinski definition) is 4. The van der Waals surface area contributed by atoms with E-state index in [-0.39, 0.29) is 11.5 Å². The lowest BCUT2D eigenvalue weighted by Gasteiger charge is -2.23. The standard InChI is InChI=1S/C10H11ClN4O/c11-10-12-5-7-9(14-10)13-6-15(7)8-3-1-2-4-16-8/h5-6,8H,1-4H2. The van der Waals surface area contributed by atoms with Gasteiger partial charge in [0.05, 0.1) is 12.5 Å². The van der Waals surface area contributed by atoms with Crippen LogP contribution in [0.5, 0.6) is 0 Å². The lowest BCUT2D eigenvalue weighted by Crippen LogP contribution is -2.17. The highest BCUT2D eigenvalue weighted by Crippen LogP contribution is 2.25. The Hall–Kier alpha value is -1.20. The maximum atomic E-state index is 5.71. The zero-order valence-corrected chi connectivity index (χ0v) is 9.39. The molecule has 1 atom stereocenters. The molecule has 0 amide bonds. The van der Waals surface area contributed by atoms with Crippen LogP contribution >= 0.6 is 11.6 Å². The summed E-state index contributed by atoms with van der Waals surface area (Å²) in [4.78, 5) is 12.2. The van der Waals surface area contributed by atoms with E-state index in [0.717, 1.165) is 25.0 Å². The maximum Gasteiger partial charge on any atom is 0.224 e. The summed E-state index contributed by atoms with van der Waals surface area (Å²) >= 11 is 5.71. The molecule has 0 aliphatic carbocycles. The maximum absolute atomic E-state index is 5.71. The SMILES string of the molecule is Clc1ncc2c(ncn2C2CCCCO2)n1. The molecular weight excluding hydrogens is 228 g/mol. The van der Waals surface area contributed by atoms with E-state index in [0.29, 0.717) is 5.65 Å². The summed E-state index contributed by atoms with van der Waals surface area (Å²) < 4.78 is 7.67. The van der Waals surface area contributed by atoms with Gasteiger partial charge in [-0.2, -0.15) is 4.98 Å². The third kappa shape index (κ3) is 1.66. The molecule has 3 heterocycles. The molecule has 1 aliphatic rings. The van der Waals surface area contributed by atoms with E-state index < -0.39 is 0 Å². The van der Waals surface area contributed by atoms with Crippen molar-refractivity contribution in [1.82, 2.24) is 19.5 Å². The van der Waals surface area contributed by atoms with Gasteiger partial charge < -0.3 is 9.30 Å². The molecule has 0 saturated carbocycles. The van der Waals surface area contributed by atoms with Gasteiger partial charge >= 0.3 is 0 Å². The van der Waals surface area contributed by atoms with Crippen LogP contribution < -0.4 is 0 Å². The molecule has 0 aromatic carbocycles. The second-order valence-electron chi connectivity index (χ2n) is 3.82. The monoisotopic (exact) mass is 238 g/mol. The van der Waals surface area contributed by atoms with Crippen molar-refractivity contribution in [2.75, 3.05) is 6.61 Å². The van der Waals surface area contributed by atoms with Gasteiger partial charge in [-0.3, -0.25) is 0 Å². The number of fused-ring (bicyclic) bond motifs is 1. The van der Waals surface area contributed by atoms with Gasteiger partial charge in [0, 0.05) is 6.61 Å². The van der Waals surface area contributed by atoms with Crippen molar-refractivity contribution in [3.63, 3.8) is 0 Å². The van der Waals surface area contributed by atoms with Crippen LogP contribution in [-0.4, -0.2) is 26.1 Å². The van der Waals surface area contributed by atoms with Crippen molar-refractivity contribution in [3.05, 3.63) is 17.8 Å². The molecule has 2 aromatic rings. The first-order valence-corrected chi connectivity index (χ1v) is 5.69. The summed E-state index contributed by atoms with van der Waals surface area (Å²) in [5.74, 6) is 0. The minimum atomic E-state index is 0.0588. The summed E-state index contributed by atoms with van der Waals surface area (Å²) in [6.45, 7) is 0.804. The van der Waals surface area contributed by atoms with Crippen molar-refractivity contribution < 1.29 is 4.74 Å². The highest BCUT2D eigenvalue weighted by Gasteiger charge is 2.18. The fourth-order valence-corrected chi connectivity index (χ4v) is 2.10. The Morgan fingerprint density at radius 2 is 2.31 bits per heavy atom. The Morgan fingerprint density at radius 1 is 1.38 bits per heavy atom. The Balaban J connectivity index is 2.03. The lowest BCUT2D eigenvalue weighted by atomic mass is 10.2. The first-order valence-electron chi connectivity index (χ1n) is 5.31. The summed E-state index contributed by atoms with van der Waals surface area (Å²) in [5, 5.41) is 0.224. The van der Waals surface area contributed by atoms with Crippen LogP contribution in [0, 0.1) is 0 Å². The van der Waals surface area contributed by atoms with Gasteiger partial charge in [-0.05, 0) is 30.9 Å². The first kappa shape index (κ1) is 9.99. The molecule has 3 rings (SSSR count). The number of imidazole rings is 1. The molecule has 84 valence electrons. The molecule has 16 heavy (non-hydrogen) atoms. The summed E-state index contributed by atoms with van der Waals surface area (Å²) in [6.07, 6.45) is 6.81. The Morgan fingerprint density at radius 3 is 3.12 bits per heavy atom. The molecule has 1 saturated heterocycles. The smallest absolute Gasteiger partial charge is 0.224 e. The van der Waals surface area contributed by atoms with Crippen LogP contribution in [0.3, 0.4) is 0 Å². The van der Waals surface area contributed by atoms with E-state index in [1.807, 2.05) is 4.57 Å². The quantitative estimate of drug-likeness (QED) is 0.715. The van der Waals surface area contributed by atoms with Gasteiger partial charge in [-0.15, -0.1) is 0 Å². The van der Waals surface area contributed by atoms with E-state index in [4.69, 9.17) is 16.3 Å². The molecule has 5 nitrogen and oxygen atoms in total. The molecule has 1 unspecified atom stereocenters. The zero-order chi connectivity index (χ0) is 11.0. The summed E-state index contributed by atoms with van der Waals surface area (Å²) in [5.41, 5.74) is 1.49. The Bertz CT molecular complexity index is 506. The van der Waals surface area contributed by atoms with Crippen LogP contribution in [0.15, 0.2) is 12.5 Å². The molecule has 0 spiro atoms. The van der Waals surface area contributed by atoms with Crippen molar-refractivity contribution >= 4 is 22.8 Å². The number of ether oxygens (including phenoxy) is 1. The Labute approximate surface area is 97.4 Å². The first-order chi connectivity index (χ1) is 7.84. The lowest BCUT2D eigenvalue weighted by molar-refractivity contribution is -0.0295. The van der Waals surface area contributed by atoms with E-state index in [9.17, 15) is 0 Å². The van der Waals surface area contributed by atoms with Crippen molar-refractivity contribution in [2.45, 2.75) is 25.5 Å². The minimum Gasteiger partial charge on any atom is -0.358 e. The molecule has 6 heteroatoms. The van der Waals surface area contributed by atoms with Crippen LogP contribution in [0.4, 0.5) is 0 Å². The molecular formula is C10H11ClN4O. The van der Waals surface area contributed by atoms with Gasteiger partial charge in [0.25, 0.3) is 0 Å². The number of aromatic nitrogens is 4. The fourth-order valence-electron chi connectivity index (χ4n) is 1.97. The normalized spacial score (nSPS) is 21.4. The minimum absolute atomic E-state index is 0.0588. The van der Waals surface area contributed by atoms with Crippen LogP contribution in [0.2, 0.25) is 5.28 Å². The van der Waals surface area contributed by atoms with Crippen LogP contribution in [-0.2, 0) is 4.74 Å². The van der Waals surface area contributed by atoms with Gasteiger partial charge in [0.1, 0.15) is 11.7 Å². The topological polar surface area (TPSA) is 52.8 Å². The molecule has 0 N–H and O–H groups in total. The van der Waals surface area contributed by atoms with Crippen molar-refractivity contribution in [1.29, 1.82) is 0 Å². The fraction of sp³-hybridized carbons (Fsp3) is 0.500. The average molecular weight is 239 g/mol. The number of nitrogens with zero attached hydrogens (tertiary/aromatic N) is 4.